The van der Waals surface area contributed by atoms with Crippen molar-refractivity contribution in [1.29, 1.82) is 0 Å². The molecule has 0 spiro atoms. The summed E-state index contributed by atoms with van der Waals surface area (Å²) in [5.74, 6) is -3.66. The fourth-order valence-corrected chi connectivity index (χ4v) is 1.89. The Morgan fingerprint density at radius 1 is 1.24 bits per heavy atom. The van der Waals surface area contributed by atoms with Crippen LogP contribution in [0, 0.1) is 11.6 Å². The molecule has 21 heavy (non-hydrogen) atoms. The van der Waals surface area contributed by atoms with Crippen molar-refractivity contribution in [2.45, 2.75) is 13.0 Å². The summed E-state index contributed by atoms with van der Waals surface area (Å²) in [5, 5.41) is 9.25. The van der Waals surface area contributed by atoms with Gasteiger partial charge in [0.1, 0.15) is 0 Å². The van der Waals surface area contributed by atoms with Crippen molar-refractivity contribution in [2.24, 2.45) is 11.5 Å². The number of carbonyl (C=O) groups is 2. The molecule has 0 bridgehead atoms. The number of urea groups is 1. The smallest absolute Gasteiger partial charge is 0.335 e. The first-order chi connectivity index (χ1) is 9.66. The standard InChI is InChI=1S/C13H15F2N3O3/c1-6(16)10(12(19)20)11(18(2)13(17)21)7-3-4-8(14)9(15)5-7/h3-5,11H,16H2,1-2H3,(H2,17,21)(H,19,20)/b10-6+. The second-order valence-electron chi connectivity index (χ2n) is 4.43. The lowest BCUT2D eigenvalue weighted by Crippen LogP contribution is -2.38. The van der Waals surface area contributed by atoms with E-state index < -0.39 is 29.7 Å². The normalized spacial score (nSPS) is 13.3. The van der Waals surface area contributed by atoms with Crippen molar-refractivity contribution in [3.05, 3.63) is 46.7 Å². The number of carboxylic acids is 1. The number of allylic oxidation sites excluding steroid dienone is 1. The van der Waals surface area contributed by atoms with E-state index in [0.29, 0.717) is 0 Å². The van der Waals surface area contributed by atoms with Crippen LogP contribution in [0.25, 0.3) is 0 Å². The number of likely N-dealkylation sites (N-methyl/N-ethyl adjacent to an activating group) is 1. The monoisotopic (exact) mass is 299 g/mol. The number of aliphatic carboxylic acids is 1. The van der Waals surface area contributed by atoms with Gasteiger partial charge in [-0.2, -0.15) is 0 Å². The first-order valence-corrected chi connectivity index (χ1v) is 5.83. The quantitative estimate of drug-likeness (QED) is 0.728. The Bertz CT molecular complexity index is 613. The van der Waals surface area contributed by atoms with E-state index in [0.717, 1.165) is 23.1 Å². The van der Waals surface area contributed by atoms with Crippen molar-refractivity contribution < 1.29 is 23.5 Å². The summed E-state index contributed by atoms with van der Waals surface area (Å²) in [7, 11) is 1.24. The molecule has 0 radical (unpaired) electrons. The van der Waals surface area contributed by atoms with Crippen molar-refractivity contribution in [3.63, 3.8) is 0 Å². The van der Waals surface area contributed by atoms with Gasteiger partial charge in [0.15, 0.2) is 11.6 Å². The number of nitrogens with zero attached hydrogens (tertiary/aromatic N) is 1. The number of primary amides is 1. The van der Waals surface area contributed by atoms with Crippen LogP contribution in [0.5, 0.6) is 0 Å². The lowest BCUT2D eigenvalue weighted by atomic mass is 9.96. The lowest BCUT2D eigenvalue weighted by molar-refractivity contribution is -0.133. The SMILES string of the molecule is C/C(N)=C(\C(=O)O)C(c1ccc(F)c(F)c1)N(C)C(N)=O. The molecular formula is C13H15F2N3O3. The molecule has 0 saturated carbocycles. The van der Waals surface area contributed by atoms with Crippen molar-refractivity contribution in [2.75, 3.05) is 7.05 Å². The molecule has 6 nitrogen and oxygen atoms in total. The third kappa shape index (κ3) is 3.47. The van der Waals surface area contributed by atoms with Gasteiger partial charge >= 0.3 is 12.0 Å². The van der Waals surface area contributed by atoms with Crippen LogP contribution in [0.4, 0.5) is 13.6 Å². The average Bonchev–Trinajstić information content (AvgIpc) is 2.37. The average molecular weight is 299 g/mol. The fraction of sp³-hybridized carbons (Fsp3) is 0.231. The number of carbonyl (C=O) groups excluding carboxylic acids is 1. The number of rotatable bonds is 4. The van der Waals surface area contributed by atoms with Crippen LogP contribution in [0.15, 0.2) is 29.5 Å². The minimum absolute atomic E-state index is 0.0393. The Hall–Kier alpha value is -2.64. The Morgan fingerprint density at radius 3 is 2.19 bits per heavy atom. The van der Waals surface area contributed by atoms with Gasteiger partial charge in [-0.1, -0.05) is 6.07 Å². The highest BCUT2D eigenvalue weighted by atomic mass is 19.2. The van der Waals surface area contributed by atoms with Gasteiger partial charge in [-0.15, -0.1) is 0 Å². The Labute approximate surface area is 119 Å². The predicted molar refractivity (Wildman–Crippen MR) is 71.0 cm³/mol. The van der Waals surface area contributed by atoms with Crippen LogP contribution in [0.1, 0.15) is 18.5 Å². The number of nitrogens with two attached hydrogens (primary N) is 2. The number of hydrogen-bond donors (Lipinski definition) is 3. The van der Waals surface area contributed by atoms with Crippen LogP contribution in [-0.4, -0.2) is 29.1 Å². The number of halogens is 2. The third-order valence-corrected chi connectivity index (χ3v) is 2.92. The third-order valence-electron chi connectivity index (χ3n) is 2.92. The van der Waals surface area contributed by atoms with Gasteiger partial charge in [-0.05, 0) is 24.6 Å². The van der Waals surface area contributed by atoms with Crippen molar-refractivity contribution in [3.8, 4) is 0 Å². The maximum absolute atomic E-state index is 13.4. The molecule has 114 valence electrons. The van der Waals surface area contributed by atoms with Gasteiger partial charge < -0.3 is 21.5 Å². The van der Waals surface area contributed by atoms with Crippen LogP contribution in [0.3, 0.4) is 0 Å². The zero-order valence-corrected chi connectivity index (χ0v) is 11.4. The minimum atomic E-state index is -1.39. The van der Waals surface area contributed by atoms with Gasteiger partial charge in [0.25, 0.3) is 0 Å². The second kappa shape index (κ2) is 6.21. The summed E-state index contributed by atoms with van der Waals surface area (Å²) >= 11 is 0. The molecule has 1 rings (SSSR count). The molecular weight excluding hydrogens is 284 g/mol. The molecule has 0 aliphatic rings. The molecule has 1 aromatic carbocycles. The molecule has 0 heterocycles. The van der Waals surface area contributed by atoms with E-state index in [1.807, 2.05) is 0 Å². The fourth-order valence-electron chi connectivity index (χ4n) is 1.89. The van der Waals surface area contributed by atoms with Crippen molar-refractivity contribution >= 4 is 12.0 Å². The van der Waals surface area contributed by atoms with Crippen LogP contribution < -0.4 is 11.5 Å². The van der Waals surface area contributed by atoms with Gasteiger partial charge in [0.05, 0.1) is 11.6 Å². The zero-order chi connectivity index (χ0) is 16.3. The zero-order valence-electron chi connectivity index (χ0n) is 11.4. The van der Waals surface area contributed by atoms with E-state index in [1.54, 1.807) is 0 Å². The van der Waals surface area contributed by atoms with Crippen LogP contribution in [-0.2, 0) is 4.79 Å². The number of carboxylic acid groups (broad SMARTS) is 1. The Kier molecular flexibility index (Phi) is 4.85. The van der Waals surface area contributed by atoms with E-state index in [-0.39, 0.29) is 16.8 Å². The van der Waals surface area contributed by atoms with E-state index in [4.69, 9.17) is 11.5 Å². The molecule has 1 atom stereocenters. The molecule has 0 fully saturated rings. The van der Waals surface area contributed by atoms with E-state index in [9.17, 15) is 23.5 Å². The highest BCUT2D eigenvalue weighted by Gasteiger charge is 2.30. The first-order valence-electron chi connectivity index (χ1n) is 5.83. The first kappa shape index (κ1) is 16.4. The topological polar surface area (TPSA) is 110 Å². The molecule has 0 aliphatic heterocycles. The summed E-state index contributed by atoms with van der Waals surface area (Å²) in [6.45, 7) is 1.32. The maximum atomic E-state index is 13.4. The molecule has 0 aromatic heterocycles. The van der Waals surface area contributed by atoms with E-state index >= 15 is 0 Å². The molecule has 0 aliphatic carbocycles. The predicted octanol–water partition coefficient (Wildman–Crippen LogP) is 1.33. The molecule has 2 amide bonds. The highest BCUT2D eigenvalue weighted by molar-refractivity contribution is 5.90. The van der Waals surface area contributed by atoms with Crippen molar-refractivity contribution in [1.82, 2.24) is 4.90 Å². The molecule has 8 heteroatoms. The summed E-state index contributed by atoms with van der Waals surface area (Å²) < 4.78 is 26.4. The lowest BCUT2D eigenvalue weighted by Gasteiger charge is -2.28. The number of hydrogen-bond acceptors (Lipinski definition) is 3. The van der Waals surface area contributed by atoms with Gasteiger partial charge in [0, 0.05) is 12.7 Å². The van der Waals surface area contributed by atoms with E-state index in [2.05, 4.69) is 0 Å². The van der Waals surface area contributed by atoms with Crippen LogP contribution in [0.2, 0.25) is 0 Å². The van der Waals surface area contributed by atoms with Gasteiger partial charge in [0.2, 0.25) is 0 Å². The van der Waals surface area contributed by atoms with E-state index in [1.165, 1.54) is 14.0 Å². The molecule has 1 unspecified atom stereocenters. The van der Waals surface area contributed by atoms with Gasteiger partial charge in [-0.25, -0.2) is 18.4 Å². The molecule has 1 aromatic rings. The largest absolute Gasteiger partial charge is 0.478 e. The number of amides is 2. The molecule has 0 saturated heterocycles. The van der Waals surface area contributed by atoms with Crippen LogP contribution >= 0.6 is 0 Å². The summed E-state index contributed by atoms with van der Waals surface area (Å²) in [4.78, 5) is 23.6. The number of benzene rings is 1. The van der Waals surface area contributed by atoms with Gasteiger partial charge in [-0.3, -0.25) is 0 Å². The summed E-state index contributed by atoms with van der Waals surface area (Å²) in [5.41, 5.74) is 10.3. The Morgan fingerprint density at radius 2 is 1.81 bits per heavy atom. The molecule has 5 N–H and O–H groups in total. The minimum Gasteiger partial charge on any atom is -0.478 e. The summed E-state index contributed by atoms with van der Waals surface area (Å²) in [6, 6.07) is 0.613. The Balaban J connectivity index is 3.52. The highest BCUT2D eigenvalue weighted by Crippen LogP contribution is 2.29. The second-order valence-corrected chi connectivity index (χ2v) is 4.43. The maximum Gasteiger partial charge on any atom is 0.335 e. The summed E-state index contributed by atoms with van der Waals surface area (Å²) in [6.07, 6.45) is 0.